The fourth-order valence-electron chi connectivity index (χ4n) is 2.97. The van der Waals surface area contributed by atoms with E-state index in [1.165, 1.54) is 55.5 Å². The molecule has 3 heteroatoms. The van der Waals surface area contributed by atoms with Gasteiger partial charge in [-0.3, -0.25) is 0 Å². The molecule has 112 valence electrons. The van der Waals surface area contributed by atoms with Crippen molar-refractivity contribution in [1.29, 1.82) is 0 Å². The number of hydrogen-bond acceptors (Lipinski definition) is 0. The van der Waals surface area contributed by atoms with E-state index in [-0.39, 0.29) is 24.8 Å². The molecular weight excluding hydrogens is 277 g/mol. The number of rotatable bonds is 8. The summed E-state index contributed by atoms with van der Waals surface area (Å²) in [6.07, 6.45) is 3.85. The van der Waals surface area contributed by atoms with Crippen LogP contribution in [0.5, 0.6) is 0 Å². The van der Waals surface area contributed by atoms with E-state index in [9.17, 15) is 0 Å². The fraction of sp³-hybridized carbons (Fsp3) is 0.625. The maximum Gasteiger partial charge on any atom is 0.104 e. The molecule has 1 aromatic rings. The van der Waals surface area contributed by atoms with E-state index in [2.05, 4.69) is 51.1 Å². The van der Waals surface area contributed by atoms with Gasteiger partial charge < -0.3 is 16.9 Å². The van der Waals surface area contributed by atoms with Crippen LogP contribution in [0.2, 0.25) is 0 Å². The van der Waals surface area contributed by atoms with Crippen molar-refractivity contribution in [3.8, 4) is 0 Å². The highest BCUT2D eigenvalue weighted by Crippen LogP contribution is 2.17. The highest BCUT2D eigenvalue weighted by Gasteiger charge is 2.24. The second-order valence-electron chi connectivity index (χ2n) is 5.16. The number of quaternary nitrogens is 1. The van der Waals surface area contributed by atoms with Crippen LogP contribution in [0.4, 0.5) is 0 Å². The average Bonchev–Trinajstić information content (AvgIpc) is 2.31. The van der Waals surface area contributed by atoms with Crippen molar-refractivity contribution in [3.63, 3.8) is 0 Å². The summed E-state index contributed by atoms with van der Waals surface area (Å²) in [5.74, 6) is 0. The molecule has 0 saturated heterocycles. The van der Waals surface area contributed by atoms with Gasteiger partial charge in [0.05, 0.1) is 19.6 Å². The lowest BCUT2D eigenvalue weighted by molar-refractivity contribution is -0.941. The SMILES string of the molecule is CCC[N+](CCC)(CCC)Cc1ccccc1.Cl.[Cl-]. The second-order valence-corrected chi connectivity index (χ2v) is 5.16. The van der Waals surface area contributed by atoms with E-state index >= 15 is 0 Å². The van der Waals surface area contributed by atoms with E-state index in [4.69, 9.17) is 0 Å². The van der Waals surface area contributed by atoms with Crippen LogP contribution in [0.3, 0.4) is 0 Å². The van der Waals surface area contributed by atoms with Gasteiger partial charge in [0.1, 0.15) is 6.54 Å². The molecule has 0 fully saturated rings. The van der Waals surface area contributed by atoms with Crippen molar-refractivity contribution in [1.82, 2.24) is 0 Å². The van der Waals surface area contributed by atoms with Crippen LogP contribution in [0.25, 0.3) is 0 Å². The fourth-order valence-corrected chi connectivity index (χ4v) is 2.97. The van der Waals surface area contributed by atoms with Gasteiger partial charge in [0, 0.05) is 5.56 Å². The minimum absolute atomic E-state index is 0. The van der Waals surface area contributed by atoms with Crippen molar-refractivity contribution in [2.45, 2.75) is 46.6 Å². The number of hydrogen-bond donors (Lipinski definition) is 0. The molecule has 19 heavy (non-hydrogen) atoms. The van der Waals surface area contributed by atoms with Crippen LogP contribution in [0.15, 0.2) is 30.3 Å². The van der Waals surface area contributed by atoms with Gasteiger partial charge >= 0.3 is 0 Å². The van der Waals surface area contributed by atoms with Gasteiger partial charge in [-0.15, -0.1) is 12.4 Å². The quantitative estimate of drug-likeness (QED) is 0.641. The Balaban J connectivity index is 0. The Kier molecular flexibility index (Phi) is 12.8. The third-order valence-electron chi connectivity index (χ3n) is 3.45. The van der Waals surface area contributed by atoms with Gasteiger partial charge in [0.2, 0.25) is 0 Å². The largest absolute Gasteiger partial charge is 1.00 e. The zero-order valence-electron chi connectivity index (χ0n) is 12.6. The Morgan fingerprint density at radius 2 is 1.21 bits per heavy atom. The molecule has 0 heterocycles. The predicted molar refractivity (Wildman–Crippen MR) is 83.1 cm³/mol. The standard InChI is InChI=1S/C16H28N.2ClH/c1-4-12-17(13-5-2,14-6-3)15-16-10-8-7-9-11-16;;/h7-11H,4-6,12-15H2,1-3H3;2*1H/q+1;;/p-1. The van der Waals surface area contributed by atoms with E-state index in [1.807, 2.05) is 0 Å². The molecule has 1 nitrogen and oxygen atoms in total. The molecule has 1 rings (SSSR count). The molecular formula is C16H29Cl2N. The summed E-state index contributed by atoms with van der Waals surface area (Å²) < 4.78 is 1.27. The Hall–Kier alpha value is -0.240. The molecule has 0 spiro atoms. The van der Waals surface area contributed by atoms with Gasteiger partial charge in [0.15, 0.2) is 0 Å². The molecule has 0 unspecified atom stereocenters. The monoisotopic (exact) mass is 305 g/mol. The molecule has 0 amide bonds. The number of benzene rings is 1. The maximum atomic E-state index is 2.31. The first-order valence-corrected chi connectivity index (χ1v) is 7.15. The minimum Gasteiger partial charge on any atom is -1.00 e. The van der Waals surface area contributed by atoms with Crippen LogP contribution in [-0.2, 0) is 6.54 Å². The molecule has 1 aromatic carbocycles. The van der Waals surface area contributed by atoms with Crippen molar-refractivity contribution in [2.75, 3.05) is 19.6 Å². The van der Waals surface area contributed by atoms with Gasteiger partial charge in [-0.25, -0.2) is 0 Å². The van der Waals surface area contributed by atoms with Crippen LogP contribution in [0.1, 0.15) is 45.6 Å². The summed E-state index contributed by atoms with van der Waals surface area (Å²) >= 11 is 0. The second kappa shape index (κ2) is 11.6. The lowest BCUT2D eigenvalue weighted by atomic mass is 10.1. The van der Waals surface area contributed by atoms with Gasteiger partial charge in [-0.05, 0) is 19.3 Å². The Morgan fingerprint density at radius 1 is 0.789 bits per heavy atom. The van der Waals surface area contributed by atoms with Crippen molar-refractivity contribution < 1.29 is 16.9 Å². The summed E-state index contributed by atoms with van der Waals surface area (Å²) in [6, 6.07) is 11.0. The average molecular weight is 306 g/mol. The first kappa shape index (κ1) is 21.1. The molecule has 0 aliphatic rings. The molecule has 0 atom stereocenters. The summed E-state index contributed by atoms with van der Waals surface area (Å²) in [5, 5.41) is 0. The number of halogens is 2. The van der Waals surface area contributed by atoms with Crippen LogP contribution in [-0.4, -0.2) is 24.1 Å². The van der Waals surface area contributed by atoms with E-state index < -0.39 is 0 Å². The van der Waals surface area contributed by atoms with Gasteiger partial charge in [0.25, 0.3) is 0 Å². The normalized spacial score (nSPS) is 10.5. The first-order valence-electron chi connectivity index (χ1n) is 7.15. The number of nitrogens with zero attached hydrogens (tertiary/aromatic N) is 1. The molecule has 0 N–H and O–H groups in total. The van der Waals surface area contributed by atoms with Crippen molar-refractivity contribution in [3.05, 3.63) is 35.9 Å². The van der Waals surface area contributed by atoms with Crippen molar-refractivity contribution >= 4 is 12.4 Å². The zero-order chi connectivity index (χ0) is 12.6. The molecule has 0 aromatic heterocycles. The summed E-state index contributed by atoms with van der Waals surface area (Å²) in [5.41, 5.74) is 1.49. The summed E-state index contributed by atoms with van der Waals surface area (Å²) in [4.78, 5) is 0. The Bertz CT molecular complexity index is 284. The smallest absolute Gasteiger partial charge is 0.104 e. The molecule has 0 bridgehead atoms. The van der Waals surface area contributed by atoms with Crippen LogP contribution in [0, 0.1) is 0 Å². The van der Waals surface area contributed by atoms with Gasteiger partial charge in [-0.1, -0.05) is 51.1 Å². The van der Waals surface area contributed by atoms with E-state index in [0.29, 0.717) is 0 Å². The Morgan fingerprint density at radius 3 is 1.58 bits per heavy atom. The van der Waals surface area contributed by atoms with Crippen LogP contribution >= 0.6 is 12.4 Å². The maximum absolute atomic E-state index is 2.31. The lowest BCUT2D eigenvalue weighted by Crippen LogP contribution is -3.00. The minimum atomic E-state index is 0. The first-order chi connectivity index (χ1) is 8.26. The highest BCUT2D eigenvalue weighted by atomic mass is 35.5. The molecule has 0 radical (unpaired) electrons. The lowest BCUT2D eigenvalue weighted by Gasteiger charge is -2.38. The molecule has 0 aliphatic carbocycles. The summed E-state index contributed by atoms with van der Waals surface area (Å²) in [6.45, 7) is 12.1. The van der Waals surface area contributed by atoms with Crippen LogP contribution < -0.4 is 12.4 Å². The Labute approximate surface area is 131 Å². The third-order valence-corrected chi connectivity index (χ3v) is 3.45. The zero-order valence-corrected chi connectivity index (χ0v) is 14.1. The third kappa shape index (κ3) is 7.20. The van der Waals surface area contributed by atoms with Crippen molar-refractivity contribution in [2.24, 2.45) is 0 Å². The molecule has 0 aliphatic heterocycles. The topological polar surface area (TPSA) is 0 Å². The summed E-state index contributed by atoms with van der Waals surface area (Å²) in [7, 11) is 0. The van der Waals surface area contributed by atoms with Gasteiger partial charge in [-0.2, -0.15) is 0 Å². The molecule has 0 saturated carbocycles. The van der Waals surface area contributed by atoms with E-state index in [1.54, 1.807) is 0 Å². The highest BCUT2D eigenvalue weighted by molar-refractivity contribution is 5.85. The van der Waals surface area contributed by atoms with E-state index in [0.717, 1.165) is 0 Å². The predicted octanol–water partition coefficient (Wildman–Crippen LogP) is 1.66.